The van der Waals surface area contributed by atoms with Gasteiger partial charge in [-0.2, -0.15) is 10.1 Å². The van der Waals surface area contributed by atoms with Crippen LogP contribution in [0.1, 0.15) is 5.56 Å². The molecule has 0 aliphatic heterocycles. The highest BCUT2D eigenvalue weighted by Gasteiger charge is 2.16. The first-order valence-electron chi connectivity index (χ1n) is 5.30. The first-order valence-corrected chi connectivity index (χ1v) is 5.68. The zero-order valence-corrected chi connectivity index (χ0v) is 10.4. The second-order valence-electron chi connectivity index (χ2n) is 3.84. The van der Waals surface area contributed by atoms with Gasteiger partial charge in [-0.15, -0.1) is 0 Å². The summed E-state index contributed by atoms with van der Waals surface area (Å²) in [5.41, 5.74) is 0.914. The Hall–Kier alpha value is -2.28. The molecule has 1 N–H and O–H groups in total. The van der Waals surface area contributed by atoms with Gasteiger partial charge >= 0.3 is 0 Å². The van der Waals surface area contributed by atoms with E-state index in [4.69, 9.17) is 16.1 Å². The van der Waals surface area contributed by atoms with Crippen molar-refractivity contribution < 1.29 is 8.91 Å². The van der Waals surface area contributed by atoms with E-state index in [-0.39, 0.29) is 22.6 Å². The first kappa shape index (κ1) is 11.8. The Morgan fingerprint density at radius 3 is 2.95 bits per heavy atom. The van der Waals surface area contributed by atoms with Crippen LogP contribution in [0.2, 0.25) is 5.02 Å². The van der Waals surface area contributed by atoms with Gasteiger partial charge in [0.25, 0.3) is 5.89 Å². The molecule has 1 aromatic carbocycles. The third kappa shape index (κ3) is 2.08. The van der Waals surface area contributed by atoms with Crippen molar-refractivity contribution in [3.05, 3.63) is 34.9 Å². The minimum absolute atomic E-state index is 0.194. The Balaban J connectivity index is 2.06. The molecule has 0 spiro atoms. The summed E-state index contributed by atoms with van der Waals surface area (Å²) in [6.45, 7) is 1.63. The molecule has 0 aliphatic rings. The molecule has 8 heteroatoms. The lowest BCUT2D eigenvalue weighted by molar-refractivity contribution is 0.432. The van der Waals surface area contributed by atoms with Crippen molar-refractivity contribution >= 4 is 11.6 Å². The maximum absolute atomic E-state index is 13.3. The number of aromatic amines is 1. The molecule has 6 nitrogen and oxygen atoms in total. The zero-order chi connectivity index (χ0) is 13.4. The molecular weight excluding hydrogens is 273 g/mol. The van der Waals surface area contributed by atoms with Crippen LogP contribution >= 0.6 is 11.6 Å². The molecule has 0 amide bonds. The maximum atomic E-state index is 13.3. The van der Waals surface area contributed by atoms with Gasteiger partial charge in [-0.25, -0.2) is 9.37 Å². The van der Waals surface area contributed by atoms with Crippen LogP contribution in [0.4, 0.5) is 4.39 Å². The molecule has 0 unspecified atom stereocenters. The van der Waals surface area contributed by atoms with Gasteiger partial charge in [0.1, 0.15) is 12.1 Å². The van der Waals surface area contributed by atoms with Crippen molar-refractivity contribution in [2.45, 2.75) is 6.92 Å². The van der Waals surface area contributed by atoms with Gasteiger partial charge in [-0.05, 0) is 24.6 Å². The predicted octanol–water partition coefficient (Wildman–Crippen LogP) is 2.62. The van der Waals surface area contributed by atoms with E-state index in [1.54, 1.807) is 13.0 Å². The van der Waals surface area contributed by atoms with Gasteiger partial charge in [-0.3, -0.25) is 5.10 Å². The minimum Gasteiger partial charge on any atom is -0.333 e. The molecule has 2 heterocycles. The SMILES string of the molecule is Cc1cc(-c2nc(-c3ncn[nH]3)no2)c(Cl)cc1F. The second-order valence-corrected chi connectivity index (χ2v) is 4.25. The predicted molar refractivity (Wildman–Crippen MR) is 64.8 cm³/mol. The minimum atomic E-state index is -0.385. The number of nitrogens with zero attached hydrogens (tertiary/aromatic N) is 4. The summed E-state index contributed by atoms with van der Waals surface area (Å²) >= 11 is 5.97. The molecule has 3 aromatic rings. The van der Waals surface area contributed by atoms with Crippen molar-refractivity contribution in [1.82, 2.24) is 25.3 Å². The number of hydrogen-bond acceptors (Lipinski definition) is 5. The molecule has 2 aromatic heterocycles. The molecule has 0 radical (unpaired) electrons. The van der Waals surface area contributed by atoms with Gasteiger partial charge in [0.2, 0.25) is 5.82 Å². The van der Waals surface area contributed by atoms with E-state index in [1.165, 1.54) is 12.4 Å². The van der Waals surface area contributed by atoms with E-state index in [9.17, 15) is 4.39 Å². The fourth-order valence-corrected chi connectivity index (χ4v) is 1.79. The molecule has 0 atom stereocenters. The smallest absolute Gasteiger partial charge is 0.259 e. The molecule has 0 bridgehead atoms. The van der Waals surface area contributed by atoms with Crippen molar-refractivity contribution in [3.8, 4) is 23.1 Å². The Kier molecular flexibility index (Phi) is 2.75. The average molecular weight is 280 g/mol. The van der Waals surface area contributed by atoms with Crippen LogP contribution < -0.4 is 0 Å². The summed E-state index contributed by atoms with van der Waals surface area (Å²) in [5.74, 6) is 0.443. The zero-order valence-electron chi connectivity index (χ0n) is 9.69. The van der Waals surface area contributed by atoms with Gasteiger partial charge in [-0.1, -0.05) is 16.8 Å². The Labute approximate surface area is 111 Å². The average Bonchev–Trinajstić information content (AvgIpc) is 3.03. The molecule has 0 fully saturated rings. The lowest BCUT2D eigenvalue weighted by atomic mass is 10.1. The number of hydrogen-bond donors (Lipinski definition) is 1. The van der Waals surface area contributed by atoms with Crippen molar-refractivity contribution in [2.24, 2.45) is 0 Å². The quantitative estimate of drug-likeness (QED) is 0.780. The van der Waals surface area contributed by atoms with Gasteiger partial charge < -0.3 is 4.52 Å². The highest BCUT2D eigenvalue weighted by atomic mass is 35.5. The number of aromatic nitrogens is 5. The van der Waals surface area contributed by atoms with Crippen LogP contribution in [0.3, 0.4) is 0 Å². The van der Waals surface area contributed by atoms with E-state index in [0.29, 0.717) is 17.0 Å². The number of halogens is 2. The number of nitrogens with one attached hydrogen (secondary N) is 1. The summed E-state index contributed by atoms with van der Waals surface area (Å²) in [4.78, 5) is 8.04. The van der Waals surface area contributed by atoms with Crippen LogP contribution in [0.15, 0.2) is 23.0 Å². The monoisotopic (exact) mass is 279 g/mol. The van der Waals surface area contributed by atoms with Crippen LogP contribution in [-0.2, 0) is 0 Å². The van der Waals surface area contributed by atoms with E-state index in [0.717, 1.165) is 0 Å². The Morgan fingerprint density at radius 2 is 2.21 bits per heavy atom. The number of benzene rings is 1. The molecule has 3 rings (SSSR count). The molecular formula is C11H7ClFN5O. The first-order chi connectivity index (χ1) is 9.15. The lowest BCUT2D eigenvalue weighted by Crippen LogP contribution is -1.87. The molecule has 0 saturated carbocycles. The number of H-pyrrole nitrogens is 1. The highest BCUT2D eigenvalue weighted by Crippen LogP contribution is 2.29. The van der Waals surface area contributed by atoms with Gasteiger partial charge in [0, 0.05) is 0 Å². The molecule has 0 aliphatic carbocycles. The summed E-state index contributed by atoms with van der Waals surface area (Å²) < 4.78 is 18.4. The van der Waals surface area contributed by atoms with Crippen LogP contribution in [0, 0.1) is 12.7 Å². The van der Waals surface area contributed by atoms with Crippen LogP contribution in [-0.4, -0.2) is 25.3 Å². The van der Waals surface area contributed by atoms with Crippen molar-refractivity contribution in [1.29, 1.82) is 0 Å². The number of aryl methyl sites for hydroxylation is 1. The second kappa shape index (κ2) is 4.43. The van der Waals surface area contributed by atoms with Crippen molar-refractivity contribution in [2.75, 3.05) is 0 Å². The fourth-order valence-electron chi connectivity index (χ4n) is 1.56. The summed E-state index contributed by atoms with van der Waals surface area (Å²) in [5, 5.41) is 10.3. The summed E-state index contributed by atoms with van der Waals surface area (Å²) in [7, 11) is 0. The Bertz CT molecular complexity index is 725. The summed E-state index contributed by atoms with van der Waals surface area (Å²) in [6.07, 6.45) is 1.33. The Morgan fingerprint density at radius 1 is 1.37 bits per heavy atom. The van der Waals surface area contributed by atoms with E-state index >= 15 is 0 Å². The van der Waals surface area contributed by atoms with E-state index in [2.05, 4.69) is 25.3 Å². The highest BCUT2D eigenvalue weighted by molar-refractivity contribution is 6.33. The molecule has 19 heavy (non-hydrogen) atoms. The standard InChI is InChI=1S/C11H7ClFN5O/c1-5-2-6(7(12)3-8(5)13)11-16-10(18-19-11)9-14-4-15-17-9/h2-4H,1H3,(H,14,15,17). The van der Waals surface area contributed by atoms with Crippen molar-refractivity contribution in [3.63, 3.8) is 0 Å². The largest absolute Gasteiger partial charge is 0.333 e. The van der Waals surface area contributed by atoms with Gasteiger partial charge in [0.15, 0.2) is 5.82 Å². The molecule has 96 valence electrons. The third-order valence-electron chi connectivity index (χ3n) is 2.53. The third-order valence-corrected chi connectivity index (χ3v) is 2.84. The maximum Gasteiger partial charge on any atom is 0.259 e. The van der Waals surface area contributed by atoms with Gasteiger partial charge in [0.05, 0.1) is 10.6 Å². The lowest BCUT2D eigenvalue weighted by Gasteiger charge is -2.01. The topological polar surface area (TPSA) is 80.5 Å². The fraction of sp³-hybridized carbons (Fsp3) is 0.0909. The van der Waals surface area contributed by atoms with E-state index in [1.807, 2.05) is 0 Å². The van der Waals surface area contributed by atoms with Crippen LogP contribution in [0.25, 0.3) is 23.1 Å². The summed E-state index contributed by atoms with van der Waals surface area (Å²) in [6, 6.07) is 2.76. The van der Waals surface area contributed by atoms with Crippen LogP contribution in [0.5, 0.6) is 0 Å². The normalized spacial score (nSPS) is 10.9. The number of rotatable bonds is 2. The molecule has 0 saturated heterocycles. The van der Waals surface area contributed by atoms with E-state index < -0.39 is 0 Å².